The van der Waals surface area contributed by atoms with E-state index < -0.39 is 0 Å². The summed E-state index contributed by atoms with van der Waals surface area (Å²) in [4.78, 5) is 25.8. The van der Waals surface area contributed by atoms with Crippen LogP contribution in [-0.4, -0.2) is 41.2 Å². The molecule has 8 heteroatoms. The summed E-state index contributed by atoms with van der Waals surface area (Å²) in [5.74, 6) is 0.942. The summed E-state index contributed by atoms with van der Waals surface area (Å²) in [5, 5.41) is 4.16. The van der Waals surface area contributed by atoms with Gasteiger partial charge in [-0.2, -0.15) is 10.1 Å². The second-order valence-electron chi connectivity index (χ2n) is 7.49. The van der Waals surface area contributed by atoms with Crippen molar-refractivity contribution in [3.8, 4) is 0 Å². The summed E-state index contributed by atoms with van der Waals surface area (Å²) in [7, 11) is 1.78. The maximum absolute atomic E-state index is 13.0. The lowest BCUT2D eigenvalue weighted by molar-refractivity contribution is -0.120. The van der Waals surface area contributed by atoms with Crippen molar-refractivity contribution in [2.45, 2.75) is 51.1 Å². The Labute approximate surface area is 169 Å². The first-order valence-corrected chi connectivity index (χ1v) is 10.1. The lowest BCUT2D eigenvalue weighted by Gasteiger charge is -2.43. The van der Waals surface area contributed by atoms with Crippen LogP contribution in [0.3, 0.4) is 0 Å². The summed E-state index contributed by atoms with van der Waals surface area (Å²) >= 11 is 0. The van der Waals surface area contributed by atoms with Crippen molar-refractivity contribution in [2.75, 3.05) is 22.3 Å². The Morgan fingerprint density at radius 1 is 1.28 bits per heavy atom. The minimum Gasteiger partial charge on any atom is -0.340 e. The molecule has 1 fully saturated rings. The van der Waals surface area contributed by atoms with Gasteiger partial charge in [-0.15, -0.1) is 0 Å². The fourth-order valence-electron chi connectivity index (χ4n) is 4.15. The molecule has 1 amide bonds. The summed E-state index contributed by atoms with van der Waals surface area (Å²) in [6, 6.07) is 6.16. The van der Waals surface area contributed by atoms with Crippen molar-refractivity contribution >= 4 is 29.6 Å². The highest BCUT2D eigenvalue weighted by Crippen LogP contribution is 2.39. The molecular formula is C21H25FN6O. The van der Waals surface area contributed by atoms with Crippen LogP contribution >= 0.6 is 0 Å². The SMILES string of the molecule is CCC1C(=O)N(C)c2cnc(N/N=C/c3ccc(F)cc3)nc2N1C1CCCC1. The molecule has 2 aromatic rings. The second kappa shape index (κ2) is 8.14. The van der Waals surface area contributed by atoms with Crippen LogP contribution in [0, 0.1) is 5.82 Å². The number of benzene rings is 1. The Morgan fingerprint density at radius 3 is 2.69 bits per heavy atom. The number of hydrogen-bond donors (Lipinski definition) is 1. The molecule has 4 rings (SSSR count). The minimum atomic E-state index is -0.288. The number of hydrogen-bond acceptors (Lipinski definition) is 6. The zero-order chi connectivity index (χ0) is 20.4. The first-order chi connectivity index (χ1) is 14.1. The highest BCUT2D eigenvalue weighted by molar-refractivity contribution is 6.04. The van der Waals surface area contributed by atoms with Crippen LogP contribution in [-0.2, 0) is 4.79 Å². The Kier molecular flexibility index (Phi) is 5.42. The number of carbonyl (C=O) groups excluding carboxylic acids is 1. The average molecular weight is 396 g/mol. The molecule has 1 aromatic carbocycles. The third kappa shape index (κ3) is 3.79. The molecule has 1 saturated carbocycles. The van der Waals surface area contributed by atoms with Crippen molar-refractivity contribution in [1.29, 1.82) is 0 Å². The van der Waals surface area contributed by atoms with Crippen molar-refractivity contribution in [1.82, 2.24) is 9.97 Å². The van der Waals surface area contributed by atoms with Crippen LogP contribution in [0.1, 0.15) is 44.6 Å². The van der Waals surface area contributed by atoms with E-state index in [2.05, 4.69) is 20.4 Å². The maximum atomic E-state index is 13.0. The Balaban J connectivity index is 1.61. The summed E-state index contributed by atoms with van der Waals surface area (Å²) in [6.45, 7) is 2.04. The predicted molar refractivity (Wildman–Crippen MR) is 112 cm³/mol. The molecule has 1 N–H and O–H groups in total. The predicted octanol–water partition coefficient (Wildman–Crippen LogP) is 3.57. The van der Waals surface area contributed by atoms with E-state index >= 15 is 0 Å². The van der Waals surface area contributed by atoms with Crippen LogP contribution in [0.25, 0.3) is 0 Å². The first-order valence-electron chi connectivity index (χ1n) is 10.1. The average Bonchev–Trinajstić information content (AvgIpc) is 3.26. The topological polar surface area (TPSA) is 73.7 Å². The second-order valence-corrected chi connectivity index (χ2v) is 7.49. The number of amides is 1. The molecule has 0 bridgehead atoms. The number of aromatic nitrogens is 2. The lowest BCUT2D eigenvalue weighted by Crippen LogP contribution is -2.55. The highest BCUT2D eigenvalue weighted by atomic mass is 19.1. The van der Waals surface area contributed by atoms with E-state index in [4.69, 9.17) is 4.98 Å². The Hall–Kier alpha value is -3.03. The van der Waals surface area contributed by atoms with Gasteiger partial charge >= 0.3 is 0 Å². The van der Waals surface area contributed by atoms with E-state index in [1.165, 1.54) is 25.0 Å². The van der Waals surface area contributed by atoms with Gasteiger partial charge in [-0.3, -0.25) is 4.79 Å². The fraction of sp³-hybridized carbons (Fsp3) is 0.429. The minimum absolute atomic E-state index is 0.0885. The number of fused-ring (bicyclic) bond motifs is 1. The largest absolute Gasteiger partial charge is 0.340 e. The van der Waals surface area contributed by atoms with Gasteiger partial charge in [-0.25, -0.2) is 14.8 Å². The van der Waals surface area contributed by atoms with Gasteiger partial charge in [-0.05, 0) is 37.0 Å². The van der Waals surface area contributed by atoms with Crippen LogP contribution in [0.15, 0.2) is 35.6 Å². The number of rotatable bonds is 5. The van der Waals surface area contributed by atoms with Crippen LogP contribution in [0.4, 0.5) is 21.8 Å². The molecule has 0 spiro atoms. The molecular weight excluding hydrogens is 371 g/mol. The van der Waals surface area contributed by atoms with Crippen molar-refractivity contribution < 1.29 is 9.18 Å². The van der Waals surface area contributed by atoms with Gasteiger partial charge in [0.05, 0.1) is 12.4 Å². The number of likely N-dealkylation sites (N-methyl/N-ethyl adjacent to an activating group) is 1. The smallest absolute Gasteiger partial charge is 0.249 e. The summed E-state index contributed by atoms with van der Waals surface area (Å²) in [6.07, 6.45) is 8.48. The molecule has 0 radical (unpaired) electrons. The molecule has 0 saturated heterocycles. The van der Waals surface area contributed by atoms with E-state index in [1.54, 1.807) is 36.5 Å². The summed E-state index contributed by atoms with van der Waals surface area (Å²) < 4.78 is 13.0. The van der Waals surface area contributed by atoms with Gasteiger partial charge in [0.1, 0.15) is 17.5 Å². The molecule has 1 aromatic heterocycles. The molecule has 152 valence electrons. The quantitative estimate of drug-likeness (QED) is 0.618. The van der Waals surface area contributed by atoms with Gasteiger partial charge in [0.15, 0.2) is 5.82 Å². The standard InChI is InChI=1S/C21H25FN6O/c1-3-17-20(29)27(2)18-13-23-21(25-19(18)28(17)16-6-4-5-7-16)26-24-12-14-8-10-15(22)11-9-14/h8-13,16-17H,3-7H2,1-2H3,(H,23,25,26)/b24-12+. The van der Waals surface area contributed by atoms with E-state index in [0.29, 0.717) is 12.0 Å². The third-order valence-electron chi connectivity index (χ3n) is 5.66. The Morgan fingerprint density at radius 2 is 2.00 bits per heavy atom. The van der Waals surface area contributed by atoms with Crippen LogP contribution in [0.2, 0.25) is 0 Å². The molecule has 1 unspecified atom stereocenters. The molecule has 1 aliphatic heterocycles. The molecule has 2 aliphatic rings. The van der Waals surface area contributed by atoms with Gasteiger partial charge in [0.2, 0.25) is 11.9 Å². The van der Waals surface area contributed by atoms with Crippen molar-refractivity contribution in [3.63, 3.8) is 0 Å². The fourth-order valence-corrected chi connectivity index (χ4v) is 4.15. The van der Waals surface area contributed by atoms with Gasteiger partial charge < -0.3 is 9.80 Å². The molecule has 2 heterocycles. The number of halogens is 1. The normalized spacial score (nSPS) is 19.8. The number of nitrogens with zero attached hydrogens (tertiary/aromatic N) is 5. The highest BCUT2D eigenvalue weighted by Gasteiger charge is 2.41. The zero-order valence-corrected chi connectivity index (χ0v) is 16.7. The van der Waals surface area contributed by atoms with E-state index in [1.807, 2.05) is 6.92 Å². The molecule has 7 nitrogen and oxygen atoms in total. The first kappa shape index (κ1) is 19.3. The number of anilines is 3. The third-order valence-corrected chi connectivity index (χ3v) is 5.66. The van der Waals surface area contributed by atoms with Crippen molar-refractivity contribution in [3.05, 3.63) is 41.8 Å². The number of carbonyl (C=O) groups is 1. The molecule has 29 heavy (non-hydrogen) atoms. The Bertz CT molecular complexity index is 910. The molecule has 1 aliphatic carbocycles. The monoisotopic (exact) mass is 396 g/mol. The number of nitrogens with one attached hydrogen (secondary N) is 1. The summed E-state index contributed by atoms with van der Waals surface area (Å²) in [5.41, 5.74) is 4.34. The van der Waals surface area contributed by atoms with Crippen LogP contribution < -0.4 is 15.2 Å². The lowest BCUT2D eigenvalue weighted by atomic mass is 10.0. The van der Waals surface area contributed by atoms with Gasteiger partial charge in [0.25, 0.3) is 0 Å². The zero-order valence-electron chi connectivity index (χ0n) is 16.7. The van der Waals surface area contributed by atoms with Gasteiger partial charge in [0, 0.05) is 13.1 Å². The number of hydrazone groups is 1. The van der Waals surface area contributed by atoms with Crippen LogP contribution in [0.5, 0.6) is 0 Å². The van der Waals surface area contributed by atoms with E-state index in [9.17, 15) is 9.18 Å². The van der Waals surface area contributed by atoms with Gasteiger partial charge in [-0.1, -0.05) is 31.9 Å². The van der Waals surface area contributed by atoms with Crippen molar-refractivity contribution in [2.24, 2.45) is 5.10 Å². The van der Waals surface area contributed by atoms with E-state index in [0.717, 1.165) is 36.3 Å². The van der Waals surface area contributed by atoms with E-state index in [-0.39, 0.29) is 17.8 Å². The maximum Gasteiger partial charge on any atom is 0.249 e. The molecule has 1 atom stereocenters.